The smallest absolute Gasteiger partial charge is 0.269 e. The van der Waals surface area contributed by atoms with E-state index in [1.165, 1.54) is 22.7 Å². The molecular formula is C20H20N4O2S2. The Labute approximate surface area is 170 Å². The van der Waals surface area contributed by atoms with Gasteiger partial charge in [0.2, 0.25) is 0 Å². The fraction of sp³-hybridized carbons (Fsp3) is 0.250. The maximum absolute atomic E-state index is 12.8. The molecule has 0 unspecified atom stereocenters. The lowest BCUT2D eigenvalue weighted by atomic mass is 10.1. The summed E-state index contributed by atoms with van der Waals surface area (Å²) >= 11 is 2.71. The highest BCUT2D eigenvalue weighted by Crippen LogP contribution is 2.34. The molecule has 4 rings (SSSR count). The zero-order valence-corrected chi connectivity index (χ0v) is 17.4. The number of fused-ring (bicyclic) bond motifs is 2. The van der Waals surface area contributed by atoms with Crippen molar-refractivity contribution in [1.29, 1.82) is 0 Å². The number of amides is 1. The highest BCUT2D eigenvalue weighted by atomic mass is 32.1. The van der Waals surface area contributed by atoms with Crippen LogP contribution in [0.5, 0.6) is 5.75 Å². The molecule has 1 aromatic carbocycles. The van der Waals surface area contributed by atoms with Crippen molar-refractivity contribution < 1.29 is 9.53 Å². The average molecular weight is 413 g/mol. The second kappa shape index (κ2) is 7.37. The van der Waals surface area contributed by atoms with E-state index < -0.39 is 0 Å². The van der Waals surface area contributed by atoms with Crippen molar-refractivity contribution in [2.45, 2.75) is 20.3 Å². The van der Waals surface area contributed by atoms with Gasteiger partial charge in [0.1, 0.15) is 15.5 Å². The molecule has 0 aliphatic heterocycles. The van der Waals surface area contributed by atoms with Crippen LogP contribution >= 0.6 is 22.7 Å². The lowest BCUT2D eigenvalue weighted by Crippen LogP contribution is -2.11. The number of nitrogens with zero attached hydrogens (tertiary/aromatic N) is 2. The SMILES string of the molecule is COc1ccc2nc(NC(=O)c3sc4nc(CC(C)C)ccc4c3N)sc2c1. The third-order valence-electron chi connectivity index (χ3n) is 4.29. The molecule has 0 aliphatic rings. The first-order chi connectivity index (χ1) is 13.4. The van der Waals surface area contributed by atoms with Crippen molar-refractivity contribution in [3.8, 4) is 5.75 Å². The van der Waals surface area contributed by atoms with Gasteiger partial charge in [0, 0.05) is 11.1 Å². The minimum absolute atomic E-state index is 0.267. The van der Waals surface area contributed by atoms with Crippen molar-refractivity contribution >= 4 is 59.8 Å². The normalized spacial score (nSPS) is 11.4. The molecule has 1 amide bonds. The number of anilines is 2. The van der Waals surface area contributed by atoms with Crippen LogP contribution in [0.15, 0.2) is 30.3 Å². The van der Waals surface area contributed by atoms with E-state index in [9.17, 15) is 4.79 Å². The third kappa shape index (κ3) is 3.53. The monoisotopic (exact) mass is 412 g/mol. The Kier molecular flexibility index (Phi) is 4.91. The summed E-state index contributed by atoms with van der Waals surface area (Å²) in [7, 11) is 1.62. The number of ether oxygens (including phenoxy) is 1. The van der Waals surface area contributed by atoms with Crippen LogP contribution in [0, 0.1) is 5.92 Å². The van der Waals surface area contributed by atoms with E-state index in [-0.39, 0.29) is 5.91 Å². The molecule has 0 saturated heterocycles. The van der Waals surface area contributed by atoms with E-state index in [0.29, 0.717) is 21.6 Å². The lowest BCUT2D eigenvalue weighted by Gasteiger charge is -2.03. The summed E-state index contributed by atoms with van der Waals surface area (Å²) < 4.78 is 6.18. The molecule has 3 heterocycles. The summed E-state index contributed by atoms with van der Waals surface area (Å²) in [5, 5.41) is 4.21. The van der Waals surface area contributed by atoms with Gasteiger partial charge in [0.15, 0.2) is 5.13 Å². The third-order valence-corrected chi connectivity index (χ3v) is 6.34. The number of rotatable bonds is 5. The van der Waals surface area contributed by atoms with Crippen LogP contribution in [0.25, 0.3) is 20.4 Å². The van der Waals surface area contributed by atoms with Gasteiger partial charge in [-0.05, 0) is 42.7 Å². The molecule has 0 fully saturated rings. The molecule has 0 aliphatic carbocycles. The molecule has 3 N–H and O–H groups in total. The van der Waals surface area contributed by atoms with Crippen LogP contribution in [0.2, 0.25) is 0 Å². The fourth-order valence-electron chi connectivity index (χ4n) is 2.98. The van der Waals surface area contributed by atoms with Crippen LogP contribution in [0.4, 0.5) is 10.8 Å². The first-order valence-corrected chi connectivity index (χ1v) is 10.5. The fourth-order valence-corrected chi connectivity index (χ4v) is 4.87. The Morgan fingerprint density at radius 1 is 1.21 bits per heavy atom. The predicted octanol–water partition coefficient (Wildman–Crippen LogP) is 4.95. The van der Waals surface area contributed by atoms with Gasteiger partial charge in [-0.15, -0.1) is 11.3 Å². The standard InChI is InChI=1S/C20H20N4O2S2/c1-10(2)8-11-4-6-13-16(21)17(28-19(13)22-11)18(25)24-20-23-14-7-5-12(26-3)9-15(14)27-20/h4-7,9-10H,8,21H2,1-3H3,(H,23,24,25). The molecule has 0 saturated carbocycles. The number of benzene rings is 1. The number of nitrogen functional groups attached to an aromatic ring is 1. The molecule has 6 nitrogen and oxygen atoms in total. The highest BCUT2D eigenvalue weighted by molar-refractivity contribution is 7.23. The maximum Gasteiger partial charge on any atom is 0.269 e. The Hall–Kier alpha value is -2.71. The quantitative estimate of drug-likeness (QED) is 0.484. The molecule has 0 spiro atoms. The van der Waals surface area contributed by atoms with E-state index in [0.717, 1.165) is 38.3 Å². The van der Waals surface area contributed by atoms with Crippen molar-refractivity contribution in [1.82, 2.24) is 9.97 Å². The Balaban J connectivity index is 1.62. The van der Waals surface area contributed by atoms with Gasteiger partial charge in [-0.25, -0.2) is 9.97 Å². The molecule has 0 atom stereocenters. The molecule has 28 heavy (non-hydrogen) atoms. The topological polar surface area (TPSA) is 90.1 Å². The molecule has 144 valence electrons. The largest absolute Gasteiger partial charge is 0.497 e. The second-order valence-corrected chi connectivity index (χ2v) is 8.93. The first kappa shape index (κ1) is 18.6. The van der Waals surface area contributed by atoms with Crippen molar-refractivity contribution in [2.24, 2.45) is 5.92 Å². The number of nitrogens with one attached hydrogen (secondary N) is 1. The van der Waals surface area contributed by atoms with Crippen LogP contribution in [0.1, 0.15) is 29.2 Å². The minimum Gasteiger partial charge on any atom is -0.497 e. The van der Waals surface area contributed by atoms with Gasteiger partial charge in [0.05, 0.1) is 23.0 Å². The van der Waals surface area contributed by atoms with E-state index in [1.54, 1.807) is 7.11 Å². The first-order valence-electron chi connectivity index (χ1n) is 8.88. The van der Waals surface area contributed by atoms with Crippen LogP contribution in [-0.2, 0) is 6.42 Å². The van der Waals surface area contributed by atoms with Gasteiger partial charge in [-0.3, -0.25) is 10.1 Å². The molecule has 0 bridgehead atoms. The summed E-state index contributed by atoms with van der Waals surface area (Å²) in [4.78, 5) is 23.2. The van der Waals surface area contributed by atoms with Crippen LogP contribution in [-0.4, -0.2) is 23.0 Å². The summed E-state index contributed by atoms with van der Waals surface area (Å²) in [6, 6.07) is 9.55. The second-order valence-electron chi connectivity index (χ2n) is 6.90. The Morgan fingerprint density at radius 2 is 2.04 bits per heavy atom. The van der Waals surface area contributed by atoms with Crippen LogP contribution < -0.4 is 15.8 Å². The molecule has 0 radical (unpaired) electrons. The highest BCUT2D eigenvalue weighted by Gasteiger charge is 2.19. The van der Waals surface area contributed by atoms with Gasteiger partial charge in [-0.2, -0.15) is 0 Å². The lowest BCUT2D eigenvalue weighted by molar-refractivity contribution is 0.103. The van der Waals surface area contributed by atoms with Crippen LogP contribution in [0.3, 0.4) is 0 Å². The van der Waals surface area contributed by atoms with Gasteiger partial charge in [0.25, 0.3) is 5.91 Å². The molecule has 4 aromatic rings. The zero-order valence-electron chi connectivity index (χ0n) is 15.8. The number of methoxy groups -OCH3 is 1. The average Bonchev–Trinajstić information content (AvgIpc) is 3.20. The van der Waals surface area contributed by atoms with Gasteiger partial charge < -0.3 is 10.5 Å². The Bertz CT molecular complexity index is 1180. The molecular weight excluding hydrogens is 392 g/mol. The summed E-state index contributed by atoms with van der Waals surface area (Å²) in [6.45, 7) is 4.31. The van der Waals surface area contributed by atoms with Crippen molar-refractivity contribution in [3.63, 3.8) is 0 Å². The number of thiazole rings is 1. The number of hydrogen-bond donors (Lipinski definition) is 2. The number of thiophene rings is 1. The molecule has 8 heteroatoms. The number of pyridine rings is 1. The summed E-state index contributed by atoms with van der Waals surface area (Å²) in [5.74, 6) is 1.01. The number of nitrogens with two attached hydrogens (primary N) is 1. The number of aromatic nitrogens is 2. The zero-order chi connectivity index (χ0) is 19.8. The van der Waals surface area contributed by atoms with Gasteiger partial charge in [-0.1, -0.05) is 25.2 Å². The maximum atomic E-state index is 12.8. The minimum atomic E-state index is -0.267. The van der Waals surface area contributed by atoms with Crippen molar-refractivity contribution in [2.75, 3.05) is 18.2 Å². The summed E-state index contributed by atoms with van der Waals surface area (Å²) in [5.41, 5.74) is 8.52. The number of hydrogen-bond acceptors (Lipinski definition) is 7. The van der Waals surface area contributed by atoms with Gasteiger partial charge >= 0.3 is 0 Å². The van der Waals surface area contributed by atoms with E-state index in [4.69, 9.17) is 10.5 Å². The Morgan fingerprint density at radius 3 is 2.79 bits per heavy atom. The van der Waals surface area contributed by atoms with E-state index in [1.807, 2.05) is 30.3 Å². The predicted molar refractivity (Wildman–Crippen MR) is 117 cm³/mol. The number of carbonyl (C=O) groups excluding carboxylic acids is 1. The summed E-state index contributed by atoms with van der Waals surface area (Å²) in [6.07, 6.45) is 0.893. The van der Waals surface area contributed by atoms with Crippen molar-refractivity contribution in [3.05, 3.63) is 40.9 Å². The van der Waals surface area contributed by atoms with E-state index >= 15 is 0 Å². The van der Waals surface area contributed by atoms with E-state index in [2.05, 4.69) is 29.1 Å². The number of carbonyl (C=O) groups is 1. The molecule has 3 aromatic heterocycles.